The van der Waals surface area contributed by atoms with Crippen molar-refractivity contribution in [2.24, 2.45) is 0 Å². The maximum absolute atomic E-state index is 11.8. The SMILES string of the molecule is CCc1ccccc1CNC(=O)c1cccs1. The Morgan fingerprint density at radius 3 is 2.59 bits per heavy atom. The van der Waals surface area contributed by atoms with Crippen molar-refractivity contribution in [2.75, 3.05) is 0 Å². The highest BCUT2D eigenvalue weighted by Crippen LogP contribution is 2.11. The van der Waals surface area contributed by atoms with Gasteiger partial charge in [0.25, 0.3) is 5.91 Å². The van der Waals surface area contributed by atoms with Crippen molar-refractivity contribution >= 4 is 17.2 Å². The summed E-state index contributed by atoms with van der Waals surface area (Å²) >= 11 is 1.46. The molecule has 0 aliphatic heterocycles. The minimum atomic E-state index is 0.00547. The van der Waals surface area contributed by atoms with Gasteiger partial charge in [0.1, 0.15) is 0 Å². The lowest BCUT2D eigenvalue weighted by Crippen LogP contribution is -2.22. The lowest BCUT2D eigenvalue weighted by molar-refractivity contribution is 0.0955. The van der Waals surface area contributed by atoms with Crippen LogP contribution in [0.5, 0.6) is 0 Å². The van der Waals surface area contributed by atoms with E-state index >= 15 is 0 Å². The standard InChI is InChI=1S/C14H15NOS/c1-2-11-6-3-4-7-12(11)10-15-14(16)13-8-5-9-17-13/h3-9H,2,10H2,1H3,(H,15,16). The fourth-order valence-electron chi connectivity index (χ4n) is 1.75. The van der Waals surface area contributed by atoms with Gasteiger partial charge in [-0.25, -0.2) is 0 Å². The van der Waals surface area contributed by atoms with Crippen LogP contribution in [0, 0.1) is 0 Å². The third-order valence-corrected chi connectivity index (χ3v) is 3.55. The molecule has 0 unspecified atom stereocenters. The van der Waals surface area contributed by atoms with Crippen LogP contribution in [-0.4, -0.2) is 5.91 Å². The normalized spacial score (nSPS) is 10.2. The highest BCUT2D eigenvalue weighted by atomic mass is 32.1. The Kier molecular flexibility index (Phi) is 3.94. The third-order valence-electron chi connectivity index (χ3n) is 2.68. The molecule has 2 aromatic rings. The lowest BCUT2D eigenvalue weighted by atomic mass is 10.1. The van der Waals surface area contributed by atoms with Crippen molar-refractivity contribution in [1.29, 1.82) is 0 Å². The fraction of sp³-hybridized carbons (Fsp3) is 0.214. The molecule has 1 heterocycles. The van der Waals surface area contributed by atoms with E-state index in [1.54, 1.807) is 0 Å². The molecule has 2 rings (SSSR count). The number of carbonyl (C=O) groups excluding carboxylic acids is 1. The van der Waals surface area contributed by atoms with Gasteiger partial charge in [-0.15, -0.1) is 11.3 Å². The zero-order valence-electron chi connectivity index (χ0n) is 9.77. The van der Waals surface area contributed by atoms with Crippen LogP contribution in [0.1, 0.15) is 27.7 Å². The number of rotatable bonds is 4. The molecule has 1 N–H and O–H groups in total. The number of benzene rings is 1. The van der Waals surface area contributed by atoms with Crippen molar-refractivity contribution in [3.8, 4) is 0 Å². The first-order chi connectivity index (χ1) is 8.31. The summed E-state index contributed by atoms with van der Waals surface area (Å²) in [6.45, 7) is 2.72. The summed E-state index contributed by atoms with van der Waals surface area (Å²) in [5, 5.41) is 4.86. The van der Waals surface area contributed by atoms with E-state index in [-0.39, 0.29) is 5.91 Å². The Morgan fingerprint density at radius 2 is 1.94 bits per heavy atom. The van der Waals surface area contributed by atoms with Gasteiger partial charge in [-0.3, -0.25) is 4.79 Å². The van der Waals surface area contributed by atoms with Crippen molar-refractivity contribution in [3.05, 3.63) is 57.8 Å². The summed E-state index contributed by atoms with van der Waals surface area (Å²) in [6.07, 6.45) is 0.991. The predicted octanol–water partition coefficient (Wildman–Crippen LogP) is 3.24. The van der Waals surface area contributed by atoms with Gasteiger partial charge in [0.15, 0.2) is 0 Å². The maximum atomic E-state index is 11.8. The van der Waals surface area contributed by atoms with Crippen LogP contribution >= 0.6 is 11.3 Å². The second-order valence-electron chi connectivity index (χ2n) is 3.78. The number of nitrogens with one attached hydrogen (secondary N) is 1. The van der Waals surface area contributed by atoms with Crippen LogP contribution < -0.4 is 5.32 Å². The van der Waals surface area contributed by atoms with Crippen molar-refractivity contribution in [3.63, 3.8) is 0 Å². The molecular formula is C14H15NOS. The number of hydrogen-bond acceptors (Lipinski definition) is 2. The van der Waals surface area contributed by atoms with Crippen LogP contribution in [0.25, 0.3) is 0 Å². The average molecular weight is 245 g/mol. The van der Waals surface area contributed by atoms with E-state index in [2.05, 4.69) is 24.4 Å². The molecule has 0 aliphatic carbocycles. The maximum Gasteiger partial charge on any atom is 0.261 e. The molecule has 3 heteroatoms. The van der Waals surface area contributed by atoms with E-state index in [0.717, 1.165) is 11.3 Å². The van der Waals surface area contributed by atoms with Crippen LogP contribution in [-0.2, 0) is 13.0 Å². The quantitative estimate of drug-likeness (QED) is 0.880. The van der Waals surface area contributed by atoms with E-state index in [1.807, 2.05) is 29.6 Å². The van der Waals surface area contributed by atoms with Gasteiger partial charge >= 0.3 is 0 Å². The van der Waals surface area contributed by atoms with Gasteiger partial charge < -0.3 is 5.32 Å². The number of thiophene rings is 1. The molecule has 0 radical (unpaired) electrons. The molecule has 1 aromatic carbocycles. The van der Waals surface area contributed by atoms with E-state index < -0.39 is 0 Å². The smallest absolute Gasteiger partial charge is 0.261 e. The zero-order valence-corrected chi connectivity index (χ0v) is 10.6. The molecule has 88 valence electrons. The monoisotopic (exact) mass is 245 g/mol. The van der Waals surface area contributed by atoms with Crippen molar-refractivity contribution in [2.45, 2.75) is 19.9 Å². The van der Waals surface area contributed by atoms with E-state index in [9.17, 15) is 4.79 Å². The fourth-order valence-corrected chi connectivity index (χ4v) is 2.39. The van der Waals surface area contributed by atoms with Crippen LogP contribution in [0.2, 0.25) is 0 Å². The van der Waals surface area contributed by atoms with E-state index in [0.29, 0.717) is 6.54 Å². The zero-order chi connectivity index (χ0) is 12.1. The van der Waals surface area contributed by atoms with Crippen molar-refractivity contribution in [1.82, 2.24) is 5.32 Å². The second-order valence-corrected chi connectivity index (χ2v) is 4.73. The Bertz CT molecular complexity index is 491. The molecule has 17 heavy (non-hydrogen) atoms. The topological polar surface area (TPSA) is 29.1 Å². The lowest BCUT2D eigenvalue weighted by Gasteiger charge is -2.08. The molecule has 2 nitrogen and oxygen atoms in total. The average Bonchev–Trinajstić information content (AvgIpc) is 2.90. The number of aryl methyl sites for hydroxylation is 1. The highest BCUT2D eigenvalue weighted by molar-refractivity contribution is 7.12. The van der Waals surface area contributed by atoms with Crippen LogP contribution in [0.15, 0.2) is 41.8 Å². The Labute approximate surface area is 105 Å². The Hall–Kier alpha value is -1.61. The third kappa shape index (κ3) is 2.94. The van der Waals surface area contributed by atoms with Gasteiger partial charge in [0, 0.05) is 6.54 Å². The first-order valence-electron chi connectivity index (χ1n) is 5.69. The summed E-state index contributed by atoms with van der Waals surface area (Å²) in [7, 11) is 0. The van der Waals surface area contributed by atoms with Crippen LogP contribution in [0.3, 0.4) is 0 Å². The Morgan fingerprint density at radius 1 is 1.18 bits per heavy atom. The molecule has 0 bridgehead atoms. The molecule has 0 saturated heterocycles. The molecule has 0 atom stereocenters. The van der Waals surface area contributed by atoms with Crippen LogP contribution in [0.4, 0.5) is 0 Å². The van der Waals surface area contributed by atoms with Crippen molar-refractivity contribution < 1.29 is 4.79 Å². The summed E-state index contributed by atoms with van der Waals surface area (Å²) in [6, 6.07) is 11.9. The summed E-state index contributed by atoms with van der Waals surface area (Å²) < 4.78 is 0. The highest BCUT2D eigenvalue weighted by Gasteiger charge is 2.06. The molecule has 0 aliphatic rings. The first kappa shape index (κ1) is 11.9. The molecule has 0 saturated carbocycles. The predicted molar refractivity (Wildman–Crippen MR) is 71.3 cm³/mol. The molecular weight excluding hydrogens is 230 g/mol. The van der Waals surface area contributed by atoms with E-state index in [4.69, 9.17) is 0 Å². The minimum absolute atomic E-state index is 0.00547. The molecule has 1 amide bonds. The number of carbonyl (C=O) groups is 1. The number of hydrogen-bond donors (Lipinski definition) is 1. The molecule has 0 fully saturated rings. The van der Waals surface area contributed by atoms with Gasteiger partial charge in [0.05, 0.1) is 4.88 Å². The number of amides is 1. The summed E-state index contributed by atoms with van der Waals surface area (Å²) in [5.41, 5.74) is 2.49. The van der Waals surface area contributed by atoms with Gasteiger partial charge in [-0.2, -0.15) is 0 Å². The van der Waals surface area contributed by atoms with Gasteiger partial charge in [0.2, 0.25) is 0 Å². The minimum Gasteiger partial charge on any atom is -0.347 e. The largest absolute Gasteiger partial charge is 0.347 e. The first-order valence-corrected chi connectivity index (χ1v) is 6.57. The van der Waals surface area contributed by atoms with Gasteiger partial charge in [-0.05, 0) is 29.0 Å². The summed E-state index contributed by atoms with van der Waals surface area (Å²) in [5.74, 6) is 0.00547. The second kappa shape index (κ2) is 5.64. The Balaban J connectivity index is 2.00. The van der Waals surface area contributed by atoms with E-state index in [1.165, 1.54) is 22.5 Å². The van der Waals surface area contributed by atoms with Gasteiger partial charge in [-0.1, -0.05) is 37.3 Å². The molecule has 0 spiro atoms. The summed E-state index contributed by atoms with van der Waals surface area (Å²) in [4.78, 5) is 12.5. The molecule has 1 aromatic heterocycles.